The predicted octanol–water partition coefficient (Wildman–Crippen LogP) is 3.94. The Morgan fingerprint density at radius 1 is 1.06 bits per heavy atom. The highest BCUT2D eigenvalue weighted by Gasteiger charge is 2.25. The lowest BCUT2D eigenvalue weighted by Crippen LogP contribution is -2.22. The molecule has 1 aliphatic rings. The average molecular weight is 501 g/mol. The number of phenolic OH excluding ortho intramolecular Hbond substituents is 1. The van der Waals surface area contributed by atoms with Gasteiger partial charge in [-0.3, -0.25) is 9.52 Å². The number of amides is 1. The van der Waals surface area contributed by atoms with Crippen molar-refractivity contribution in [3.8, 4) is 17.2 Å². The second-order valence-electron chi connectivity index (χ2n) is 7.99. The van der Waals surface area contributed by atoms with E-state index in [0.29, 0.717) is 29.8 Å². The van der Waals surface area contributed by atoms with Gasteiger partial charge in [0, 0.05) is 17.3 Å². The predicted molar refractivity (Wildman–Crippen MR) is 125 cm³/mol. The zero-order valence-corrected chi connectivity index (χ0v) is 19.3. The van der Waals surface area contributed by atoms with E-state index in [4.69, 9.17) is 9.84 Å². The van der Waals surface area contributed by atoms with Crippen molar-refractivity contribution < 1.29 is 37.3 Å². The molecule has 0 saturated carbocycles. The van der Waals surface area contributed by atoms with E-state index in [1.165, 1.54) is 30.3 Å². The standard InChI is InChI=1S/C24H21FN2O7S/c1-13-10-19(26-23(29)24(30)31)17-6-3-7-18(17)22(13)34-16-8-9-20(28)21(12-16)35(32,33)27-15-5-2-4-14(25)11-15/h2,4-5,8-12,27-28H,3,6-7H2,1H3,(H,26,29)(H,30,31). The van der Waals surface area contributed by atoms with Crippen molar-refractivity contribution in [3.63, 3.8) is 0 Å². The molecule has 0 aliphatic heterocycles. The number of sulfonamides is 1. The second-order valence-corrected chi connectivity index (χ2v) is 9.64. The number of carboxylic acid groups (broad SMARTS) is 1. The minimum absolute atomic E-state index is 0.0108. The van der Waals surface area contributed by atoms with E-state index in [1.54, 1.807) is 13.0 Å². The number of halogens is 1. The average Bonchev–Trinajstić information content (AvgIpc) is 3.27. The van der Waals surface area contributed by atoms with Crippen LogP contribution in [0.5, 0.6) is 17.2 Å². The number of hydrogen-bond acceptors (Lipinski definition) is 6. The first kappa shape index (κ1) is 24.0. The summed E-state index contributed by atoms with van der Waals surface area (Å²) in [4.78, 5) is 22.1. The van der Waals surface area contributed by atoms with Crippen molar-refractivity contribution in [1.29, 1.82) is 0 Å². The van der Waals surface area contributed by atoms with Crippen LogP contribution in [0.4, 0.5) is 15.8 Å². The minimum Gasteiger partial charge on any atom is -0.507 e. The summed E-state index contributed by atoms with van der Waals surface area (Å²) in [7, 11) is -4.28. The highest BCUT2D eigenvalue weighted by molar-refractivity contribution is 7.92. The van der Waals surface area contributed by atoms with Crippen molar-refractivity contribution in [3.05, 3.63) is 71.0 Å². The van der Waals surface area contributed by atoms with Crippen LogP contribution in [0.1, 0.15) is 23.1 Å². The van der Waals surface area contributed by atoms with E-state index in [-0.39, 0.29) is 11.4 Å². The third-order valence-electron chi connectivity index (χ3n) is 5.50. The lowest BCUT2D eigenvalue weighted by atomic mass is 10.0. The topological polar surface area (TPSA) is 142 Å². The number of aromatic hydroxyl groups is 1. The maximum Gasteiger partial charge on any atom is 0.394 e. The summed E-state index contributed by atoms with van der Waals surface area (Å²) in [6.45, 7) is 1.72. The Balaban J connectivity index is 1.67. The molecular weight excluding hydrogens is 479 g/mol. The van der Waals surface area contributed by atoms with E-state index in [9.17, 15) is 27.5 Å². The van der Waals surface area contributed by atoms with Gasteiger partial charge in [0.15, 0.2) is 0 Å². The number of hydrogen-bond donors (Lipinski definition) is 4. The second kappa shape index (κ2) is 9.26. The Labute approximate surface area is 200 Å². The van der Waals surface area contributed by atoms with Crippen LogP contribution in [0.3, 0.4) is 0 Å². The summed E-state index contributed by atoms with van der Waals surface area (Å²) in [6, 6.07) is 10.2. The number of rotatable bonds is 6. The van der Waals surface area contributed by atoms with E-state index in [1.807, 2.05) is 0 Å². The van der Waals surface area contributed by atoms with Crippen molar-refractivity contribution in [2.75, 3.05) is 10.0 Å². The highest BCUT2D eigenvalue weighted by Crippen LogP contribution is 2.41. The van der Waals surface area contributed by atoms with Gasteiger partial charge in [0.1, 0.15) is 28.0 Å². The molecule has 3 aromatic rings. The normalized spacial score (nSPS) is 12.6. The zero-order chi connectivity index (χ0) is 25.3. The van der Waals surface area contributed by atoms with Crippen LogP contribution in [0.25, 0.3) is 0 Å². The van der Waals surface area contributed by atoms with Crippen LogP contribution in [-0.2, 0) is 32.5 Å². The largest absolute Gasteiger partial charge is 0.507 e. The van der Waals surface area contributed by atoms with Gasteiger partial charge < -0.3 is 20.3 Å². The van der Waals surface area contributed by atoms with Crippen LogP contribution >= 0.6 is 0 Å². The number of fused-ring (bicyclic) bond motifs is 1. The van der Waals surface area contributed by atoms with Crippen molar-refractivity contribution in [1.82, 2.24) is 0 Å². The number of benzene rings is 3. The van der Waals surface area contributed by atoms with Crippen molar-refractivity contribution in [2.45, 2.75) is 31.1 Å². The molecule has 4 rings (SSSR count). The molecule has 35 heavy (non-hydrogen) atoms. The zero-order valence-electron chi connectivity index (χ0n) is 18.5. The molecule has 1 aliphatic carbocycles. The van der Waals surface area contributed by atoms with Gasteiger partial charge in [-0.15, -0.1) is 0 Å². The fraction of sp³-hybridized carbons (Fsp3) is 0.167. The Kier molecular flexibility index (Phi) is 6.35. The third kappa shape index (κ3) is 5.04. The van der Waals surface area contributed by atoms with Crippen LogP contribution in [-0.4, -0.2) is 30.5 Å². The van der Waals surface area contributed by atoms with Crippen LogP contribution in [0.2, 0.25) is 0 Å². The van der Waals surface area contributed by atoms with Crippen LogP contribution < -0.4 is 14.8 Å². The molecule has 0 heterocycles. The molecular formula is C24H21FN2O7S. The number of carboxylic acids is 1. The maximum atomic E-state index is 13.5. The fourth-order valence-electron chi connectivity index (χ4n) is 3.98. The number of nitrogens with one attached hydrogen (secondary N) is 2. The number of aryl methyl sites for hydroxylation is 1. The SMILES string of the molecule is Cc1cc(NC(=O)C(=O)O)c2c(c1Oc1ccc(O)c(S(=O)(=O)Nc3cccc(F)c3)c1)CCC2. The van der Waals surface area contributed by atoms with Crippen molar-refractivity contribution in [2.24, 2.45) is 0 Å². The monoisotopic (exact) mass is 500 g/mol. The number of anilines is 2. The van der Waals surface area contributed by atoms with E-state index < -0.39 is 38.4 Å². The number of carbonyl (C=O) groups is 2. The molecule has 11 heteroatoms. The molecule has 0 bridgehead atoms. The summed E-state index contributed by atoms with van der Waals surface area (Å²) in [5, 5.41) is 21.5. The van der Waals surface area contributed by atoms with E-state index in [0.717, 1.165) is 29.7 Å². The van der Waals surface area contributed by atoms with Gasteiger partial charge in [0.05, 0.1) is 5.69 Å². The molecule has 1 amide bonds. The molecule has 3 aromatic carbocycles. The highest BCUT2D eigenvalue weighted by atomic mass is 32.2. The van der Waals surface area contributed by atoms with Gasteiger partial charge in [-0.25, -0.2) is 17.6 Å². The van der Waals surface area contributed by atoms with Gasteiger partial charge in [0.2, 0.25) is 0 Å². The Morgan fingerprint density at radius 3 is 2.51 bits per heavy atom. The first-order valence-corrected chi connectivity index (χ1v) is 12.0. The molecule has 0 spiro atoms. The lowest BCUT2D eigenvalue weighted by molar-refractivity contribution is -0.147. The molecule has 0 unspecified atom stereocenters. The first-order valence-electron chi connectivity index (χ1n) is 10.5. The Morgan fingerprint density at radius 2 is 1.80 bits per heavy atom. The number of phenols is 1. The van der Waals surface area contributed by atoms with Gasteiger partial charge in [0.25, 0.3) is 10.0 Å². The van der Waals surface area contributed by atoms with Gasteiger partial charge >= 0.3 is 11.9 Å². The van der Waals surface area contributed by atoms with Gasteiger partial charge in [-0.05, 0) is 73.7 Å². The number of aliphatic carboxylic acids is 1. The summed E-state index contributed by atoms with van der Waals surface area (Å²) in [5.74, 6) is -3.31. The summed E-state index contributed by atoms with van der Waals surface area (Å²) < 4.78 is 47.4. The number of carbonyl (C=O) groups excluding carboxylic acids is 1. The molecule has 0 aromatic heterocycles. The van der Waals surface area contributed by atoms with Crippen LogP contribution in [0.15, 0.2) is 53.4 Å². The lowest BCUT2D eigenvalue weighted by Gasteiger charge is -2.18. The molecule has 0 atom stereocenters. The molecule has 0 saturated heterocycles. The molecule has 4 N–H and O–H groups in total. The number of ether oxygens (including phenoxy) is 1. The molecule has 9 nitrogen and oxygen atoms in total. The summed E-state index contributed by atoms with van der Waals surface area (Å²) in [6.07, 6.45) is 1.98. The minimum atomic E-state index is -4.28. The summed E-state index contributed by atoms with van der Waals surface area (Å²) >= 11 is 0. The van der Waals surface area contributed by atoms with Gasteiger partial charge in [-0.2, -0.15) is 0 Å². The Bertz CT molecular complexity index is 1450. The Hall–Kier alpha value is -4.12. The molecule has 0 fully saturated rings. The quantitative estimate of drug-likeness (QED) is 0.376. The smallest absolute Gasteiger partial charge is 0.394 e. The maximum absolute atomic E-state index is 13.5. The molecule has 182 valence electrons. The van der Waals surface area contributed by atoms with E-state index in [2.05, 4.69) is 10.0 Å². The fourth-order valence-corrected chi connectivity index (χ4v) is 5.14. The first-order chi connectivity index (χ1) is 16.5. The summed E-state index contributed by atoms with van der Waals surface area (Å²) in [5.41, 5.74) is 2.51. The van der Waals surface area contributed by atoms with E-state index >= 15 is 0 Å². The van der Waals surface area contributed by atoms with Gasteiger partial charge in [-0.1, -0.05) is 6.07 Å². The third-order valence-corrected chi connectivity index (χ3v) is 6.91. The van der Waals surface area contributed by atoms with Crippen molar-refractivity contribution >= 4 is 33.3 Å². The van der Waals surface area contributed by atoms with Crippen LogP contribution in [0, 0.1) is 12.7 Å². The molecule has 0 radical (unpaired) electrons.